The van der Waals surface area contributed by atoms with Crippen LogP contribution in [0.25, 0.3) is 0 Å². The number of aliphatic carboxylic acids is 1. The topological polar surface area (TPSA) is 257 Å². The number of hydrogen-bond donors (Lipinski definition) is 3. The fourth-order valence-corrected chi connectivity index (χ4v) is 13.6. The van der Waals surface area contributed by atoms with Crippen molar-refractivity contribution >= 4 is 49.9 Å². The summed E-state index contributed by atoms with van der Waals surface area (Å²) in [6, 6.07) is 23.2. The summed E-state index contributed by atoms with van der Waals surface area (Å²) in [5.41, 5.74) is 2.80. The summed E-state index contributed by atoms with van der Waals surface area (Å²) in [6.45, 7) is 16.0. The Labute approximate surface area is 488 Å². The van der Waals surface area contributed by atoms with Gasteiger partial charge in [-0.2, -0.15) is 8.61 Å². The number of aryl methyl sites for hydroxylation is 2. The molecule has 5 atom stereocenters. The molecule has 4 aromatic rings. The van der Waals surface area contributed by atoms with Crippen LogP contribution in [-0.2, 0) is 66.3 Å². The number of amides is 3. The number of sulfonamides is 2. The van der Waals surface area contributed by atoms with Crippen molar-refractivity contribution in [2.24, 2.45) is 5.92 Å². The summed E-state index contributed by atoms with van der Waals surface area (Å²) < 4.78 is 83.0. The first kappa shape index (κ1) is 63.9. The van der Waals surface area contributed by atoms with E-state index in [1.165, 1.54) is 40.0 Å². The summed E-state index contributed by atoms with van der Waals surface area (Å²) in [6.07, 6.45) is 3.48. The molecule has 4 fully saturated rings. The summed E-state index contributed by atoms with van der Waals surface area (Å²) in [5.74, 6) is -1.44. The number of piperidine rings is 1. The van der Waals surface area contributed by atoms with Crippen LogP contribution in [0.15, 0.2) is 107 Å². The normalized spacial score (nSPS) is 19.8. The number of carboxylic acid groups (broad SMARTS) is 1. The van der Waals surface area contributed by atoms with Crippen molar-refractivity contribution < 1.29 is 69.6 Å². The zero-order chi connectivity index (χ0) is 59.9. The molecule has 21 nitrogen and oxygen atoms in total. The van der Waals surface area contributed by atoms with Crippen LogP contribution in [0.4, 0.5) is 4.79 Å². The monoisotopic (exact) mass is 1190 g/mol. The minimum absolute atomic E-state index is 0.0621. The molecule has 0 aromatic heterocycles. The van der Waals surface area contributed by atoms with Crippen LogP contribution in [0.2, 0.25) is 0 Å². The van der Waals surface area contributed by atoms with Crippen molar-refractivity contribution in [2.75, 3.05) is 79.4 Å². The SMILES string of the molecule is COC(=O)[C@H](Cc1ccc(OCC2CCCN(C(=O)OC(C)(C)C)C2)cc1)NC(=O)[C@@H]1CCCN1S(=O)(=O)c1ccc(C)cc1.Cc1ccc(S(=O)(=O)N2CCC[C@H]2C(=O)N[C@@H](Cc2ccc(OCCN3CCOCC3)cc2)C(=O)O)cc1. The van der Waals surface area contributed by atoms with E-state index in [4.69, 9.17) is 23.7 Å². The van der Waals surface area contributed by atoms with E-state index in [0.717, 1.165) is 62.4 Å². The molecule has 83 heavy (non-hydrogen) atoms. The number of rotatable bonds is 21. The quantitative estimate of drug-likeness (QED) is 0.0840. The number of ether oxygens (including phenoxy) is 5. The first-order valence-electron chi connectivity index (χ1n) is 28.3. The number of hydrogen-bond acceptors (Lipinski definition) is 15. The van der Waals surface area contributed by atoms with Gasteiger partial charge in [0.15, 0.2) is 0 Å². The highest BCUT2D eigenvalue weighted by molar-refractivity contribution is 7.89. The van der Waals surface area contributed by atoms with Gasteiger partial charge in [0, 0.05) is 64.6 Å². The maximum absolute atomic E-state index is 13.4. The lowest BCUT2D eigenvalue weighted by atomic mass is 9.99. The third kappa shape index (κ3) is 18.2. The molecule has 4 aromatic carbocycles. The van der Waals surface area contributed by atoms with Crippen LogP contribution in [0.3, 0.4) is 0 Å². The number of benzene rings is 4. The molecule has 4 aliphatic heterocycles. The summed E-state index contributed by atoms with van der Waals surface area (Å²) in [4.78, 5) is 67.8. The lowest BCUT2D eigenvalue weighted by molar-refractivity contribution is -0.145. The van der Waals surface area contributed by atoms with Gasteiger partial charge >= 0.3 is 18.0 Å². The highest BCUT2D eigenvalue weighted by Gasteiger charge is 2.42. The molecule has 4 saturated heterocycles. The van der Waals surface area contributed by atoms with Crippen molar-refractivity contribution in [1.82, 2.24) is 29.0 Å². The van der Waals surface area contributed by atoms with E-state index in [0.29, 0.717) is 69.0 Å². The van der Waals surface area contributed by atoms with Gasteiger partial charge in [0.25, 0.3) is 0 Å². The molecule has 3 N–H and O–H groups in total. The molecular formula is C60H80N6O15S2. The molecule has 0 aliphatic carbocycles. The number of methoxy groups -OCH3 is 1. The van der Waals surface area contributed by atoms with E-state index in [9.17, 15) is 45.9 Å². The Morgan fingerprint density at radius 2 is 1.11 bits per heavy atom. The van der Waals surface area contributed by atoms with Crippen molar-refractivity contribution in [3.05, 3.63) is 119 Å². The first-order valence-corrected chi connectivity index (χ1v) is 31.2. The number of likely N-dealkylation sites (tertiary alicyclic amines) is 1. The molecule has 0 radical (unpaired) electrons. The average Bonchev–Trinajstić information content (AvgIpc) is 3.84. The predicted octanol–water partition coefficient (Wildman–Crippen LogP) is 5.75. The van der Waals surface area contributed by atoms with Crippen LogP contribution >= 0.6 is 0 Å². The smallest absolute Gasteiger partial charge is 0.410 e. The Kier molecular flexibility index (Phi) is 22.5. The molecule has 23 heteroatoms. The fraction of sp³-hybridized carbons (Fsp3) is 0.517. The number of carbonyl (C=O) groups excluding carboxylic acids is 4. The third-order valence-electron chi connectivity index (χ3n) is 14.8. The lowest BCUT2D eigenvalue weighted by Gasteiger charge is -2.34. The Morgan fingerprint density at radius 1 is 0.639 bits per heavy atom. The molecule has 4 aliphatic rings. The number of morpholine rings is 1. The Balaban J connectivity index is 0.000000242. The van der Waals surface area contributed by atoms with E-state index in [-0.39, 0.29) is 47.7 Å². The second kappa shape index (κ2) is 29.3. The average molecular weight is 1190 g/mol. The number of carbonyl (C=O) groups is 5. The number of carboxylic acids is 1. The molecule has 4 heterocycles. The second-order valence-corrected chi connectivity index (χ2v) is 26.2. The second-order valence-electron chi connectivity index (χ2n) is 22.4. The predicted molar refractivity (Wildman–Crippen MR) is 309 cm³/mol. The number of nitrogens with one attached hydrogen (secondary N) is 2. The Bertz CT molecular complexity index is 3040. The van der Waals surface area contributed by atoms with E-state index in [1.54, 1.807) is 65.6 Å². The maximum Gasteiger partial charge on any atom is 0.410 e. The van der Waals surface area contributed by atoms with Gasteiger partial charge in [0.05, 0.1) is 36.7 Å². The molecule has 0 bridgehead atoms. The van der Waals surface area contributed by atoms with Crippen molar-refractivity contribution in [1.29, 1.82) is 0 Å². The van der Waals surface area contributed by atoms with Gasteiger partial charge in [0.2, 0.25) is 31.9 Å². The van der Waals surface area contributed by atoms with Gasteiger partial charge in [-0.1, -0.05) is 59.7 Å². The summed E-state index contributed by atoms with van der Waals surface area (Å²) >= 11 is 0. The number of esters is 1. The van der Waals surface area contributed by atoms with Gasteiger partial charge in [-0.25, -0.2) is 31.2 Å². The highest BCUT2D eigenvalue weighted by atomic mass is 32.2. The van der Waals surface area contributed by atoms with Gasteiger partial charge in [-0.3, -0.25) is 14.5 Å². The molecule has 1 unspecified atom stereocenters. The van der Waals surface area contributed by atoms with Gasteiger partial charge in [0.1, 0.15) is 47.9 Å². The van der Waals surface area contributed by atoms with Gasteiger partial charge in [-0.05, 0) is 133 Å². The van der Waals surface area contributed by atoms with Crippen LogP contribution in [0, 0.1) is 19.8 Å². The van der Waals surface area contributed by atoms with Crippen LogP contribution < -0.4 is 20.1 Å². The van der Waals surface area contributed by atoms with Gasteiger partial charge in [-0.15, -0.1) is 0 Å². The van der Waals surface area contributed by atoms with Crippen molar-refractivity contribution in [2.45, 2.75) is 126 Å². The summed E-state index contributed by atoms with van der Waals surface area (Å²) in [7, 11) is -6.52. The Hall–Kier alpha value is -6.63. The zero-order valence-electron chi connectivity index (χ0n) is 48.3. The molecule has 0 saturated carbocycles. The highest BCUT2D eigenvalue weighted by Crippen LogP contribution is 2.29. The van der Waals surface area contributed by atoms with E-state index < -0.39 is 73.6 Å². The van der Waals surface area contributed by atoms with Crippen LogP contribution in [0.1, 0.15) is 81.5 Å². The van der Waals surface area contributed by atoms with Crippen LogP contribution in [-0.4, -0.2) is 179 Å². The van der Waals surface area contributed by atoms with Crippen molar-refractivity contribution in [3.8, 4) is 11.5 Å². The zero-order valence-corrected chi connectivity index (χ0v) is 50.0. The van der Waals surface area contributed by atoms with E-state index in [2.05, 4.69) is 15.5 Å². The largest absolute Gasteiger partial charge is 0.493 e. The summed E-state index contributed by atoms with van der Waals surface area (Å²) in [5, 5.41) is 15.1. The van der Waals surface area contributed by atoms with Crippen molar-refractivity contribution in [3.63, 3.8) is 0 Å². The molecule has 0 spiro atoms. The van der Waals surface area contributed by atoms with Crippen LogP contribution in [0.5, 0.6) is 11.5 Å². The van der Waals surface area contributed by atoms with E-state index in [1.807, 2.05) is 46.8 Å². The third-order valence-corrected chi connectivity index (χ3v) is 18.7. The fourth-order valence-electron chi connectivity index (χ4n) is 10.3. The Morgan fingerprint density at radius 3 is 1.59 bits per heavy atom. The standard InChI is InChI=1S/C33H45N3O8S.C27H35N3O7S/c1-23-10-16-27(17-11-23)45(40,41)36-19-7-9-29(36)30(37)34-28(31(38)42-5)20-24-12-14-26(15-13-24)43-22-25-8-6-18-35(21-25)32(39)44-33(2,3)4;1-20-4-10-23(11-5-20)38(34,35)30-12-2-3-25(30)26(31)28-24(27(32)33)19-21-6-8-22(9-7-21)37-18-15-29-13-16-36-17-14-29/h10-17,25,28-29H,6-9,18-22H2,1-5H3,(H,34,37);4-11,24-25H,2-3,12-19H2,1H3,(H,28,31)(H,32,33)/t25?,28-,29-;24-,25-/m00/s1. The van der Waals surface area contributed by atoms with E-state index >= 15 is 0 Å². The molecule has 3 amide bonds. The molecular weight excluding hydrogens is 1110 g/mol. The minimum Gasteiger partial charge on any atom is -0.493 e. The number of nitrogens with zero attached hydrogens (tertiary/aromatic N) is 4. The molecule has 8 rings (SSSR count). The molecule has 452 valence electrons. The maximum atomic E-state index is 13.4. The van der Waals surface area contributed by atoms with Gasteiger partial charge < -0.3 is 44.3 Å². The lowest BCUT2D eigenvalue weighted by Crippen LogP contribution is -2.51. The minimum atomic E-state index is -3.89. The first-order chi connectivity index (χ1) is 39.5.